The molecule has 0 amide bonds. The zero-order valence-electron chi connectivity index (χ0n) is 9.75. The molecule has 0 radical (unpaired) electrons. The first-order valence-corrected chi connectivity index (χ1v) is 6.70. The van der Waals surface area contributed by atoms with Crippen LogP contribution in [0.1, 0.15) is 31.2 Å². The van der Waals surface area contributed by atoms with Crippen LogP contribution >= 0.6 is 15.9 Å². The lowest BCUT2D eigenvalue weighted by Crippen LogP contribution is -2.28. The minimum absolute atomic E-state index is 0.774. The van der Waals surface area contributed by atoms with Crippen molar-refractivity contribution >= 4 is 21.6 Å². The topological polar surface area (TPSA) is 29.3 Å². The fraction of sp³-hybridized carbons (Fsp3) is 0.538. The maximum absolute atomic E-state index is 5.78. The van der Waals surface area contributed by atoms with Crippen molar-refractivity contribution in [1.82, 2.24) is 4.90 Å². The molecule has 2 N–H and O–H groups in total. The van der Waals surface area contributed by atoms with Gasteiger partial charge in [-0.05, 0) is 53.5 Å². The number of nitrogen functional groups attached to an aromatic ring is 1. The predicted octanol–water partition coefficient (Wildman–Crippen LogP) is 3.41. The average molecular weight is 283 g/mol. The van der Waals surface area contributed by atoms with Gasteiger partial charge in [-0.3, -0.25) is 4.90 Å². The smallest absolute Gasteiger partial charge is 0.0458 e. The molecule has 0 spiro atoms. The van der Waals surface area contributed by atoms with Gasteiger partial charge in [0.15, 0.2) is 0 Å². The second-order valence-corrected chi connectivity index (χ2v) is 5.56. The average Bonchev–Trinajstić information content (AvgIpc) is 2.77. The Morgan fingerprint density at radius 3 is 2.69 bits per heavy atom. The molecule has 2 rings (SSSR count). The summed E-state index contributed by atoms with van der Waals surface area (Å²) in [4.78, 5) is 2.46. The minimum Gasteiger partial charge on any atom is -0.398 e. The van der Waals surface area contributed by atoms with Gasteiger partial charge in [0, 0.05) is 22.7 Å². The first kappa shape index (κ1) is 11.9. The van der Waals surface area contributed by atoms with Crippen LogP contribution in [0.25, 0.3) is 0 Å². The van der Waals surface area contributed by atoms with E-state index in [2.05, 4.69) is 40.0 Å². The van der Waals surface area contributed by atoms with Gasteiger partial charge in [-0.25, -0.2) is 0 Å². The maximum atomic E-state index is 5.78. The summed E-state index contributed by atoms with van der Waals surface area (Å²) in [6.07, 6.45) is 5.49. The van der Waals surface area contributed by atoms with Crippen molar-refractivity contribution in [3.8, 4) is 0 Å². The molecule has 1 fully saturated rings. The lowest BCUT2D eigenvalue weighted by Gasteiger charge is -2.24. The highest BCUT2D eigenvalue weighted by Gasteiger charge is 2.19. The Morgan fingerprint density at radius 1 is 1.38 bits per heavy atom. The third kappa shape index (κ3) is 2.77. The molecule has 0 bridgehead atoms. The Hall–Kier alpha value is -0.540. The lowest BCUT2D eigenvalue weighted by atomic mass is 10.1. The number of hydrogen-bond acceptors (Lipinski definition) is 2. The molecule has 0 unspecified atom stereocenters. The molecule has 1 aliphatic carbocycles. The first-order valence-electron chi connectivity index (χ1n) is 5.91. The van der Waals surface area contributed by atoms with E-state index >= 15 is 0 Å². The van der Waals surface area contributed by atoms with E-state index in [0.717, 1.165) is 22.7 Å². The lowest BCUT2D eigenvalue weighted by molar-refractivity contribution is 0.237. The van der Waals surface area contributed by atoms with Crippen LogP contribution in [0.5, 0.6) is 0 Å². The maximum Gasteiger partial charge on any atom is 0.0458 e. The third-order valence-electron chi connectivity index (χ3n) is 3.44. The van der Waals surface area contributed by atoms with Gasteiger partial charge in [-0.2, -0.15) is 0 Å². The number of halogens is 1. The number of benzene rings is 1. The molecule has 16 heavy (non-hydrogen) atoms. The van der Waals surface area contributed by atoms with Crippen LogP contribution in [0.3, 0.4) is 0 Å². The minimum atomic E-state index is 0.774. The van der Waals surface area contributed by atoms with Crippen molar-refractivity contribution in [3.05, 3.63) is 28.2 Å². The standard InChI is InChI=1S/C13H19BrN2/c1-16(11-4-2-3-5-11)9-10-6-7-13(15)12(14)8-10/h6-8,11H,2-5,9,15H2,1H3. The number of nitrogens with two attached hydrogens (primary N) is 1. The van der Waals surface area contributed by atoms with E-state index < -0.39 is 0 Å². The summed E-state index contributed by atoms with van der Waals surface area (Å²) in [6.45, 7) is 1.02. The van der Waals surface area contributed by atoms with E-state index in [4.69, 9.17) is 5.73 Å². The zero-order valence-corrected chi connectivity index (χ0v) is 11.3. The summed E-state index contributed by atoms with van der Waals surface area (Å²) in [5.41, 5.74) is 7.92. The molecular formula is C13H19BrN2. The molecule has 3 heteroatoms. The summed E-state index contributed by atoms with van der Waals surface area (Å²) in [5, 5.41) is 0. The van der Waals surface area contributed by atoms with Crippen LogP contribution < -0.4 is 5.73 Å². The van der Waals surface area contributed by atoms with Gasteiger partial charge in [0.2, 0.25) is 0 Å². The van der Waals surface area contributed by atoms with Crippen molar-refractivity contribution in [3.63, 3.8) is 0 Å². The van der Waals surface area contributed by atoms with Crippen molar-refractivity contribution < 1.29 is 0 Å². The van der Waals surface area contributed by atoms with E-state index in [0.29, 0.717) is 0 Å². The molecule has 1 aromatic rings. The molecule has 2 nitrogen and oxygen atoms in total. The quantitative estimate of drug-likeness (QED) is 0.861. The van der Waals surface area contributed by atoms with Crippen molar-refractivity contribution in [2.24, 2.45) is 0 Å². The Labute approximate surface area is 106 Å². The molecule has 88 valence electrons. The second-order valence-electron chi connectivity index (χ2n) is 4.71. The predicted molar refractivity (Wildman–Crippen MR) is 72.3 cm³/mol. The van der Waals surface area contributed by atoms with Gasteiger partial charge in [0.1, 0.15) is 0 Å². The van der Waals surface area contributed by atoms with Crippen LogP contribution in [-0.4, -0.2) is 18.0 Å². The van der Waals surface area contributed by atoms with Gasteiger partial charge in [-0.1, -0.05) is 18.9 Å². The third-order valence-corrected chi connectivity index (χ3v) is 4.13. The fourth-order valence-electron chi connectivity index (χ4n) is 2.43. The number of rotatable bonds is 3. The van der Waals surface area contributed by atoms with E-state index in [1.54, 1.807) is 0 Å². The summed E-state index contributed by atoms with van der Waals surface area (Å²) < 4.78 is 1.00. The highest BCUT2D eigenvalue weighted by molar-refractivity contribution is 9.10. The summed E-state index contributed by atoms with van der Waals surface area (Å²) in [6, 6.07) is 6.99. The van der Waals surface area contributed by atoms with Crippen LogP contribution in [0, 0.1) is 0 Å². The molecular weight excluding hydrogens is 264 g/mol. The summed E-state index contributed by atoms with van der Waals surface area (Å²) >= 11 is 3.48. The number of hydrogen-bond donors (Lipinski definition) is 1. The van der Waals surface area contributed by atoms with Crippen molar-refractivity contribution in [1.29, 1.82) is 0 Å². The molecule has 0 aliphatic heterocycles. The Bertz CT molecular complexity index is 359. The first-order chi connectivity index (χ1) is 7.66. The zero-order chi connectivity index (χ0) is 11.5. The molecule has 0 atom stereocenters. The van der Waals surface area contributed by atoms with E-state index in [9.17, 15) is 0 Å². The molecule has 1 saturated carbocycles. The number of anilines is 1. The molecule has 1 aromatic carbocycles. The normalized spacial score (nSPS) is 17.2. The molecule has 0 aromatic heterocycles. The highest BCUT2D eigenvalue weighted by Crippen LogP contribution is 2.25. The largest absolute Gasteiger partial charge is 0.398 e. The Balaban J connectivity index is 1.99. The van der Waals surface area contributed by atoms with Gasteiger partial charge in [0.25, 0.3) is 0 Å². The molecule has 0 heterocycles. The highest BCUT2D eigenvalue weighted by atomic mass is 79.9. The second kappa shape index (κ2) is 5.19. The van der Waals surface area contributed by atoms with E-state index in [1.165, 1.54) is 31.2 Å². The van der Waals surface area contributed by atoms with E-state index in [-0.39, 0.29) is 0 Å². The molecule has 0 saturated heterocycles. The van der Waals surface area contributed by atoms with Crippen LogP contribution in [0.15, 0.2) is 22.7 Å². The van der Waals surface area contributed by atoms with Crippen LogP contribution in [0.2, 0.25) is 0 Å². The molecule has 1 aliphatic rings. The van der Waals surface area contributed by atoms with Gasteiger partial charge >= 0.3 is 0 Å². The van der Waals surface area contributed by atoms with Gasteiger partial charge in [-0.15, -0.1) is 0 Å². The van der Waals surface area contributed by atoms with Gasteiger partial charge < -0.3 is 5.73 Å². The van der Waals surface area contributed by atoms with Crippen molar-refractivity contribution in [2.45, 2.75) is 38.3 Å². The van der Waals surface area contributed by atoms with E-state index in [1.807, 2.05) is 6.07 Å². The summed E-state index contributed by atoms with van der Waals surface area (Å²) in [5.74, 6) is 0. The monoisotopic (exact) mass is 282 g/mol. The number of nitrogens with zero attached hydrogens (tertiary/aromatic N) is 1. The van der Waals surface area contributed by atoms with Gasteiger partial charge in [0.05, 0.1) is 0 Å². The SMILES string of the molecule is CN(Cc1ccc(N)c(Br)c1)C1CCCC1. The van der Waals surface area contributed by atoms with Crippen molar-refractivity contribution in [2.75, 3.05) is 12.8 Å². The van der Waals surface area contributed by atoms with Crippen LogP contribution in [-0.2, 0) is 6.54 Å². The Morgan fingerprint density at radius 2 is 2.06 bits per heavy atom. The Kier molecular flexibility index (Phi) is 3.87. The fourth-order valence-corrected chi connectivity index (χ4v) is 2.86. The van der Waals surface area contributed by atoms with Crippen LogP contribution in [0.4, 0.5) is 5.69 Å². The summed E-state index contributed by atoms with van der Waals surface area (Å²) in [7, 11) is 2.22.